The summed E-state index contributed by atoms with van der Waals surface area (Å²) >= 11 is 0. The Morgan fingerprint density at radius 1 is 1.78 bits per heavy atom. The van der Waals surface area contributed by atoms with Crippen LogP contribution in [0, 0.1) is 5.92 Å². The molecule has 0 aromatic heterocycles. The normalized spacial score (nSPS) is 19.4. The Balaban J connectivity index is 2.61. The van der Waals surface area contributed by atoms with Crippen LogP contribution in [-0.4, -0.2) is 0 Å². The molecular weight excluding hydrogens is 108 g/mol. The third-order valence-corrected chi connectivity index (χ3v) is 1.68. The number of hydrogen-bond donors (Lipinski definition) is 0. The number of rotatable bonds is 2. The van der Waals surface area contributed by atoms with E-state index in [1.165, 1.54) is 5.57 Å². The first-order chi connectivity index (χ1) is 4.34. The van der Waals surface area contributed by atoms with Crippen molar-refractivity contribution >= 4 is 0 Å². The predicted molar refractivity (Wildman–Crippen MR) is 41.2 cm³/mol. The third-order valence-electron chi connectivity index (χ3n) is 1.68. The summed E-state index contributed by atoms with van der Waals surface area (Å²) in [5.41, 5.74) is 1.41. The largest absolute Gasteiger partial charge is 0.102 e. The van der Waals surface area contributed by atoms with Crippen molar-refractivity contribution in [3.63, 3.8) is 0 Å². The molecule has 9 heavy (non-hydrogen) atoms. The van der Waals surface area contributed by atoms with E-state index in [0.29, 0.717) is 5.92 Å². The Kier molecular flexibility index (Phi) is 1.88. The van der Waals surface area contributed by atoms with Crippen LogP contribution in [0.2, 0.25) is 0 Å². The van der Waals surface area contributed by atoms with Gasteiger partial charge in [-0.2, -0.15) is 0 Å². The molecule has 1 atom stereocenters. The van der Waals surface area contributed by atoms with Gasteiger partial charge in [-0.15, -0.1) is 6.58 Å². The van der Waals surface area contributed by atoms with Crippen molar-refractivity contribution in [2.45, 2.75) is 13.3 Å². The SMILES string of the molecule is C=CC(C)C1=CCC=C1. The van der Waals surface area contributed by atoms with E-state index < -0.39 is 0 Å². The lowest BCUT2D eigenvalue weighted by molar-refractivity contribution is 0.896. The molecule has 0 aliphatic heterocycles. The fraction of sp³-hybridized carbons (Fsp3) is 0.333. The van der Waals surface area contributed by atoms with Crippen molar-refractivity contribution in [2.24, 2.45) is 5.92 Å². The topological polar surface area (TPSA) is 0 Å². The summed E-state index contributed by atoms with van der Waals surface area (Å²) in [6.45, 7) is 5.89. The van der Waals surface area contributed by atoms with Gasteiger partial charge in [-0.25, -0.2) is 0 Å². The minimum atomic E-state index is 0.531. The molecule has 0 amide bonds. The minimum Gasteiger partial charge on any atom is -0.102 e. The molecule has 1 aliphatic rings. The Hall–Kier alpha value is -0.780. The fourth-order valence-electron chi connectivity index (χ4n) is 0.950. The van der Waals surface area contributed by atoms with E-state index in [-0.39, 0.29) is 0 Å². The lowest BCUT2D eigenvalue weighted by Gasteiger charge is -2.02. The van der Waals surface area contributed by atoms with Crippen molar-refractivity contribution in [3.05, 3.63) is 36.5 Å². The van der Waals surface area contributed by atoms with Crippen molar-refractivity contribution < 1.29 is 0 Å². The van der Waals surface area contributed by atoms with Crippen molar-refractivity contribution in [1.29, 1.82) is 0 Å². The number of hydrogen-bond acceptors (Lipinski definition) is 0. The zero-order valence-electron chi connectivity index (χ0n) is 5.80. The van der Waals surface area contributed by atoms with Gasteiger partial charge in [0.1, 0.15) is 0 Å². The van der Waals surface area contributed by atoms with E-state index in [4.69, 9.17) is 0 Å². The molecule has 0 saturated heterocycles. The van der Waals surface area contributed by atoms with E-state index in [9.17, 15) is 0 Å². The molecule has 0 radical (unpaired) electrons. The molecule has 0 heterocycles. The maximum Gasteiger partial charge on any atom is -0.00163 e. The zero-order valence-corrected chi connectivity index (χ0v) is 5.80. The summed E-state index contributed by atoms with van der Waals surface area (Å²) in [6.07, 6.45) is 9.67. The van der Waals surface area contributed by atoms with Crippen LogP contribution < -0.4 is 0 Å². The maximum atomic E-state index is 3.73. The average molecular weight is 120 g/mol. The Bertz CT molecular complexity index is 161. The Morgan fingerprint density at radius 2 is 2.56 bits per heavy atom. The summed E-state index contributed by atoms with van der Waals surface area (Å²) in [4.78, 5) is 0. The predicted octanol–water partition coefficient (Wildman–Crippen LogP) is 2.69. The van der Waals surface area contributed by atoms with Crippen molar-refractivity contribution in [2.75, 3.05) is 0 Å². The van der Waals surface area contributed by atoms with E-state index >= 15 is 0 Å². The molecule has 0 nitrogen and oxygen atoms in total. The molecule has 1 unspecified atom stereocenters. The van der Waals surface area contributed by atoms with Crippen molar-refractivity contribution in [1.82, 2.24) is 0 Å². The Morgan fingerprint density at radius 3 is 3.00 bits per heavy atom. The van der Waals surface area contributed by atoms with Crippen LogP contribution in [-0.2, 0) is 0 Å². The molecule has 1 rings (SSSR count). The van der Waals surface area contributed by atoms with E-state index in [0.717, 1.165) is 6.42 Å². The maximum absolute atomic E-state index is 3.73. The monoisotopic (exact) mass is 120 g/mol. The fourth-order valence-corrected chi connectivity index (χ4v) is 0.950. The van der Waals surface area contributed by atoms with Crippen LogP contribution in [0.4, 0.5) is 0 Å². The second-order valence-electron chi connectivity index (χ2n) is 2.37. The van der Waals surface area contributed by atoms with Gasteiger partial charge in [0.15, 0.2) is 0 Å². The second-order valence-corrected chi connectivity index (χ2v) is 2.37. The summed E-state index contributed by atoms with van der Waals surface area (Å²) in [5.74, 6) is 0.531. The standard InChI is InChI=1S/C9H12/c1-3-8(2)9-6-4-5-7-9/h3-4,6-8H,1,5H2,2H3. The molecule has 0 aromatic carbocycles. The van der Waals surface area contributed by atoms with Gasteiger partial charge < -0.3 is 0 Å². The highest BCUT2D eigenvalue weighted by Crippen LogP contribution is 2.18. The van der Waals surface area contributed by atoms with Gasteiger partial charge in [-0.05, 0) is 17.9 Å². The summed E-state index contributed by atoms with van der Waals surface area (Å²) < 4.78 is 0. The second kappa shape index (κ2) is 2.67. The molecule has 0 spiro atoms. The first-order valence-corrected chi connectivity index (χ1v) is 3.33. The van der Waals surface area contributed by atoms with Gasteiger partial charge in [-0.1, -0.05) is 31.2 Å². The molecule has 0 aromatic rings. The summed E-state index contributed by atoms with van der Waals surface area (Å²) in [5, 5.41) is 0. The van der Waals surface area contributed by atoms with Crippen LogP contribution in [0.15, 0.2) is 36.5 Å². The van der Waals surface area contributed by atoms with E-state index in [1.807, 2.05) is 6.08 Å². The summed E-state index contributed by atoms with van der Waals surface area (Å²) in [6, 6.07) is 0. The highest BCUT2D eigenvalue weighted by molar-refractivity contribution is 5.30. The first kappa shape index (κ1) is 6.34. The molecule has 0 saturated carbocycles. The van der Waals surface area contributed by atoms with Crippen LogP contribution in [0.5, 0.6) is 0 Å². The zero-order chi connectivity index (χ0) is 6.69. The van der Waals surface area contributed by atoms with Crippen LogP contribution in [0.3, 0.4) is 0 Å². The average Bonchev–Trinajstić information content (AvgIpc) is 2.37. The van der Waals surface area contributed by atoms with Gasteiger partial charge in [0, 0.05) is 0 Å². The van der Waals surface area contributed by atoms with Gasteiger partial charge >= 0.3 is 0 Å². The molecule has 0 bridgehead atoms. The van der Waals surface area contributed by atoms with Gasteiger partial charge in [0.05, 0.1) is 0 Å². The smallest absolute Gasteiger partial charge is 0.00163 e. The highest BCUT2D eigenvalue weighted by atomic mass is 14.1. The number of allylic oxidation sites excluding steroid dienone is 5. The molecule has 1 aliphatic carbocycles. The molecule has 48 valence electrons. The van der Waals surface area contributed by atoms with Gasteiger partial charge in [-0.3, -0.25) is 0 Å². The Labute approximate surface area is 56.6 Å². The quantitative estimate of drug-likeness (QED) is 0.491. The van der Waals surface area contributed by atoms with Crippen molar-refractivity contribution in [3.8, 4) is 0 Å². The van der Waals surface area contributed by atoms with Gasteiger partial charge in [0.2, 0.25) is 0 Å². The molecular formula is C9H12. The molecule has 0 heteroatoms. The lowest BCUT2D eigenvalue weighted by atomic mass is 10.0. The molecule has 0 N–H and O–H groups in total. The molecule has 0 fully saturated rings. The minimum absolute atomic E-state index is 0.531. The first-order valence-electron chi connectivity index (χ1n) is 3.33. The van der Waals surface area contributed by atoms with E-state index in [1.54, 1.807) is 0 Å². The van der Waals surface area contributed by atoms with Crippen LogP contribution >= 0.6 is 0 Å². The van der Waals surface area contributed by atoms with E-state index in [2.05, 4.69) is 31.7 Å². The third kappa shape index (κ3) is 1.32. The van der Waals surface area contributed by atoms with Crippen LogP contribution in [0.1, 0.15) is 13.3 Å². The lowest BCUT2D eigenvalue weighted by Crippen LogP contribution is -1.88. The highest BCUT2D eigenvalue weighted by Gasteiger charge is 2.02. The van der Waals surface area contributed by atoms with Crippen LogP contribution in [0.25, 0.3) is 0 Å². The summed E-state index contributed by atoms with van der Waals surface area (Å²) in [7, 11) is 0. The van der Waals surface area contributed by atoms with Gasteiger partial charge in [0.25, 0.3) is 0 Å².